The zero-order valence-corrected chi connectivity index (χ0v) is 18.7. The maximum atomic E-state index is 15.0. The molecule has 0 saturated carbocycles. The van der Waals surface area contributed by atoms with Gasteiger partial charge in [0.05, 0.1) is 5.71 Å². The number of guanidine groups is 1. The number of hydrogen-bond donors (Lipinski definition) is 4. The lowest BCUT2D eigenvalue weighted by molar-refractivity contribution is 0.132. The smallest absolute Gasteiger partial charge is 0.414 e. The van der Waals surface area contributed by atoms with Crippen LogP contribution >= 0.6 is 0 Å². The molecule has 0 bridgehead atoms. The molecule has 0 atom stereocenters. The number of nitrogens with one attached hydrogen (secondary N) is 2. The lowest BCUT2D eigenvalue weighted by Gasteiger charge is -2.27. The minimum absolute atomic E-state index is 0.154. The second-order valence-corrected chi connectivity index (χ2v) is 7.57. The summed E-state index contributed by atoms with van der Waals surface area (Å²) in [6.07, 6.45) is 5.12. The fraction of sp³-hybridized carbons (Fsp3) is 0.409. The van der Waals surface area contributed by atoms with Crippen LogP contribution in [-0.4, -0.2) is 59.1 Å². The first kappa shape index (κ1) is 24.8. The molecule has 0 spiro atoms. The normalized spacial score (nSPS) is 13.4. The quantitative estimate of drug-likeness (QED) is 0.187. The Bertz CT molecular complexity index is 1010. The molecule has 0 aliphatic carbocycles. The number of anilines is 1. The number of alkyl carbamates (subject to hydrolysis) is 1. The number of unbranched alkanes of at least 4 members (excludes halogenated alkanes) is 1. The van der Waals surface area contributed by atoms with Crippen molar-refractivity contribution in [2.24, 2.45) is 10.9 Å². The van der Waals surface area contributed by atoms with Gasteiger partial charge in [-0.3, -0.25) is 10.7 Å². The summed E-state index contributed by atoms with van der Waals surface area (Å²) in [5.41, 5.74) is 6.99. The van der Waals surface area contributed by atoms with E-state index < -0.39 is 17.9 Å². The van der Waals surface area contributed by atoms with E-state index in [1.165, 1.54) is 6.07 Å². The molecule has 1 aliphatic rings. The van der Waals surface area contributed by atoms with E-state index in [9.17, 15) is 9.18 Å². The number of ether oxygens (including phenoxy) is 1. The number of nitrogens with zero attached hydrogens (tertiary/aromatic N) is 4. The summed E-state index contributed by atoms with van der Waals surface area (Å²) in [5, 5.41) is 21.9. The highest BCUT2D eigenvalue weighted by Crippen LogP contribution is 2.25. The summed E-state index contributed by atoms with van der Waals surface area (Å²) in [4.78, 5) is 27.6. The first-order valence-corrected chi connectivity index (χ1v) is 10.9. The SMILES string of the molecule is N=C(N)NC(=O)OCc1cccc(-c2cnc(N3CCC(=NOCCCCO)CC3)nc2)c1F. The van der Waals surface area contributed by atoms with Crippen LogP contribution in [0.3, 0.4) is 0 Å². The Morgan fingerprint density at radius 2 is 2.00 bits per heavy atom. The van der Waals surface area contributed by atoms with Gasteiger partial charge in [0.1, 0.15) is 19.0 Å². The maximum Gasteiger partial charge on any atom is 0.414 e. The van der Waals surface area contributed by atoms with Crippen molar-refractivity contribution in [2.45, 2.75) is 32.3 Å². The number of amides is 1. The molecule has 2 heterocycles. The number of aliphatic hydroxyl groups excluding tert-OH is 1. The lowest BCUT2D eigenvalue weighted by atomic mass is 10.1. The molecule has 12 heteroatoms. The number of carbonyl (C=O) groups excluding carboxylic acids is 1. The van der Waals surface area contributed by atoms with E-state index in [-0.39, 0.29) is 24.3 Å². The zero-order valence-electron chi connectivity index (χ0n) is 18.7. The number of benzene rings is 1. The van der Waals surface area contributed by atoms with Gasteiger partial charge in [-0.05, 0) is 12.8 Å². The molecule has 2 aromatic rings. The molecular formula is C22H28FN7O4. The molecule has 1 saturated heterocycles. The predicted octanol–water partition coefficient (Wildman–Crippen LogP) is 2.15. The van der Waals surface area contributed by atoms with Gasteiger partial charge in [-0.15, -0.1) is 0 Å². The summed E-state index contributed by atoms with van der Waals surface area (Å²) in [6.45, 7) is 1.72. The Hall–Kier alpha value is -3.80. The standard InChI is InChI=1S/C22H28FN7O4/c23-19-15(14-33-22(32)28-20(24)25)4-3-5-18(19)16-12-26-21(27-13-16)30-8-6-17(7-9-30)29-34-11-2-1-10-31/h3-5,12-13,31H,1-2,6-11,14H2,(H4,24,25,28,32). The summed E-state index contributed by atoms with van der Waals surface area (Å²) in [6, 6.07) is 4.74. The van der Waals surface area contributed by atoms with E-state index >= 15 is 0 Å². The summed E-state index contributed by atoms with van der Waals surface area (Å²) in [7, 11) is 0. The number of aliphatic hydroxyl groups is 1. The average molecular weight is 474 g/mol. The van der Waals surface area contributed by atoms with Crippen LogP contribution in [0.4, 0.5) is 15.1 Å². The second kappa shape index (κ2) is 12.4. The van der Waals surface area contributed by atoms with Gasteiger partial charge in [-0.2, -0.15) is 0 Å². The number of piperidine rings is 1. The fourth-order valence-electron chi connectivity index (χ4n) is 3.30. The van der Waals surface area contributed by atoms with Crippen LogP contribution < -0.4 is 16.0 Å². The van der Waals surface area contributed by atoms with Gasteiger partial charge < -0.3 is 25.3 Å². The van der Waals surface area contributed by atoms with Crippen molar-refractivity contribution in [3.63, 3.8) is 0 Å². The fourth-order valence-corrected chi connectivity index (χ4v) is 3.30. The van der Waals surface area contributed by atoms with Gasteiger partial charge in [0.2, 0.25) is 5.95 Å². The van der Waals surface area contributed by atoms with E-state index in [1.807, 2.05) is 10.2 Å². The van der Waals surface area contributed by atoms with E-state index in [4.69, 9.17) is 25.8 Å². The van der Waals surface area contributed by atoms with Gasteiger partial charge in [-0.1, -0.05) is 23.4 Å². The third kappa shape index (κ3) is 7.10. The van der Waals surface area contributed by atoms with Crippen molar-refractivity contribution in [3.05, 3.63) is 42.0 Å². The monoisotopic (exact) mass is 473 g/mol. The topological polar surface area (TPSA) is 159 Å². The van der Waals surface area contributed by atoms with E-state index in [0.29, 0.717) is 37.6 Å². The van der Waals surface area contributed by atoms with Gasteiger partial charge in [-0.25, -0.2) is 19.2 Å². The highest BCUT2D eigenvalue weighted by atomic mass is 19.1. The number of halogens is 1. The molecule has 1 aliphatic heterocycles. The minimum atomic E-state index is -0.937. The van der Waals surface area contributed by atoms with Crippen LogP contribution in [0.15, 0.2) is 35.7 Å². The average Bonchev–Trinajstić information content (AvgIpc) is 2.83. The first-order chi connectivity index (χ1) is 16.5. The Balaban J connectivity index is 1.57. The van der Waals surface area contributed by atoms with Crippen molar-refractivity contribution in [3.8, 4) is 11.1 Å². The lowest BCUT2D eigenvalue weighted by Crippen LogP contribution is -2.36. The first-order valence-electron chi connectivity index (χ1n) is 10.9. The van der Waals surface area contributed by atoms with Crippen LogP contribution in [0.5, 0.6) is 0 Å². The van der Waals surface area contributed by atoms with Crippen LogP contribution in [0.2, 0.25) is 0 Å². The Morgan fingerprint density at radius 3 is 2.68 bits per heavy atom. The van der Waals surface area contributed by atoms with Gasteiger partial charge in [0.15, 0.2) is 5.96 Å². The number of nitrogens with two attached hydrogens (primary N) is 1. The number of carbonyl (C=O) groups is 1. The number of aromatic nitrogens is 2. The Morgan fingerprint density at radius 1 is 1.26 bits per heavy atom. The van der Waals surface area contributed by atoms with Crippen molar-refractivity contribution in [2.75, 3.05) is 31.2 Å². The Labute approximate surface area is 196 Å². The van der Waals surface area contributed by atoms with Gasteiger partial charge in [0.25, 0.3) is 0 Å². The number of rotatable bonds is 9. The van der Waals surface area contributed by atoms with Gasteiger partial charge >= 0.3 is 6.09 Å². The summed E-state index contributed by atoms with van der Waals surface area (Å²) < 4.78 is 19.8. The molecule has 3 rings (SSSR count). The zero-order chi connectivity index (χ0) is 24.3. The number of hydrogen-bond acceptors (Lipinski definition) is 9. The predicted molar refractivity (Wildman–Crippen MR) is 124 cm³/mol. The van der Waals surface area contributed by atoms with Crippen LogP contribution in [0.25, 0.3) is 11.1 Å². The molecular weight excluding hydrogens is 445 g/mol. The van der Waals surface area contributed by atoms with Gasteiger partial charge in [0, 0.05) is 61.6 Å². The molecule has 1 fully saturated rings. The van der Waals surface area contributed by atoms with E-state index in [0.717, 1.165) is 25.0 Å². The molecule has 182 valence electrons. The van der Waals surface area contributed by atoms with Crippen molar-refractivity contribution in [1.29, 1.82) is 5.41 Å². The maximum absolute atomic E-state index is 15.0. The molecule has 34 heavy (non-hydrogen) atoms. The van der Waals surface area contributed by atoms with Crippen LogP contribution in [-0.2, 0) is 16.2 Å². The highest BCUT2D eigenvalue weighted by molar-refractivity contribution is 5.90. The summed E-state index contributed by atoms with van der Waals surface area (Å²) in [5.74, 6) is -0.559. The van der Waals surface area contributed by atoms with Crippen molar-refractivity contribution >= 4 is 23.7 Å². The molecule has 1 aromatic heterocycles. The van der Waals surface area contributed by atoms with Crippen LogP contribution in [0, 0.1) is 11.2 Å². The highest BCUT2D eigenvalue weighted by Gasteiger charge is 2.19. The largest absolute Gasteiger partial charge is 0.444 e. The molecule has 1 amide bonds. The van der Waals surface area contributed by atoms with E-state index in [1.54, 1.807) is 24.5 Å². The Kier molecular flexibility index (Phi) is 9.09. The molecule has 11 nitrogen and oxygen atoms in total. The summed E-state index contributed by atoms with van der Waals surface area (Å²) >= 11 is 0. The van der Waals surface area contributed by atoms with Crippen molar-refractivity contribution < 1.29 is 23.9 Å². The number of oxime groups is 1. The third-order valence-electron chi connectivity index (χ3n) is 5.08. The molecule has 0 unspecified atom stereocenters. The second-order valence-electron chi connectivity index (χ2n) is 7.57. The van der Waals surface area contributed by atoms with E-state index in [2.05, 4.69) is 15.1 Å². The third-order valence-corrected chi connectivity index (χ3v) is 5.08. The minimum Gasteiger partial charge on any atom is -0.444 e. The van der Waals surface area contributed by atoms with Crippen molar-refractivity contribution in [1.82, 2.24) is 15.3 Å². The molecule has 0 radical (unpaired) electrons. The van der Waals surface area contributed by atoms with Crippen LogP contribution in [0.1, 0.15) is 31.2 Å². The molecule has 1 aromatic carbocycles. The molecule has 5 N–H and O–H groups in total.